The zero-order valence-electron chi connectivity index (χ0n) is 10.8. The monoisotopic (exact) mass is 263 g/mol. The Bertz CT molecular complexity index is 496. The minimum absolute atomic E-state index is 0.0162. The fourth-order valence-corrected chi connectivity index (χ4v) is 2.15. The molecule has 1 unspecified atom stereocenters. The highest BCUT2D eigenvalue weighted by molar-refractivity contribution is 5.95. The molecule has 0 spiro atoms. The van der Waals surface area contributed by atoms with E-state index in [9.17, 15) is 14.9 Å². The minimum Gasteiger partial charge on any atom is -0.324 e. The number of non-ortho nitro benzene ring substituents is 1. The van der Waals surface area contributed by atoms with Gasteiger partial charge >= 0.3 is 0 Å². The lowest BCUT2D eigenvalue weighted by molar-refractivity contribution is -0.384. The summed E-state index contributed by atoms with van der Waals surface area (Å²) in [5, 5.41) is 16.7. The number of nitrogens with one attached hydrogen (secondary N) is 2. The van der Waals surface area contributed by atoms with Crippen molar-refractivity contribution in [2.75, 3.05) is 11.9 Å². The first-order chi connectivity index (χ1) is 9.08. The predicted octanol–water partition coefficient (Wildman–Crippen LogP) is 1.98. The van der Waals surface area contributed by atoms with E-state index in [0.717, 1.165) is 31.4 Å². The number of aryl methyl sites for hydroxylation is 1. The van der Waals surface area contributed by atoms with E-state index in [1.54, 1.807) is 6.07 Å². The number of nitrogens with zero attached hydrogens (tertiary/aromatic N) is 1. The fourth-order valence-electron chi connectivity index (χ4n) is 2.15. The number of benzene rings is 1. The van der Waals surface area contributed by atoms with Crippen molar-refractivity contribution < 1.29 is 9.72 Å². The van der Waals surface area contributed by atoms with Crippen molar-refractivity contribution in [1.29, 1.82) is 0 Å². The van der Waals surface area contributed by atoms with E-state index in [1.165, 1.54) is 12.1 Å². The van der Waals surface area contributed by atoms with Crippen molar-refractivity contribution >= 4 is 17.3 Å². The van der Waals surface area contributed by atoms with Gasteiger partial charge in [0.2, 0.25) is 5.91 Å². The largest absolute Gasteiger partial charge is 0.324 e. The third-order valence-corrected chi connectivity index (χ3v) is 3.32. The van der Waals surface area contributed by atoms with Gasteiger partial charge in [0.05, 0.1) is 16.7 Å². The molecule has 1 aromatic rings. The van der Waals surface area contributed by atoms with Crippen LogP contribution in [0.4, 0.5) is 11.4 Å². The van der Waals surface area contributed by atoms with E-state index in [2.05, 4.69) is 10.6 Å². The molecular weight excluding hydrogens is 246 g/mol. The second-order valence-electron chi connectivity index (χ2n) is 4.75. The molecule has 1 saturated heterocycles. The van der Waals surface area contributed by atoms with Crippen LogP contribution in [0.5, 0.6) is 0 Å². The zero-order valence-corrected chi connectivity index (χ0v) is 10.8. The standard InChI is InChI=1S/C13H17N3O3/c1-9-5-6-10(16(18)19)8-12(9)15-13(17)11-4-2-3-7-14-11/h5-6,8,11,14H,2-4,7H2,1H3,(H,15,17). The number of rotatable bonds is 3. The topological polar surface area (TPSA) is 84.3 Å². The zero-order chi connectivity index (χ0) is 13.8. The smallest absolute Gasteiger partial charge is 0.271 e. The van der Waals surface area contributed by atoms with Crippen LogP contribution in [0, 0.1) is 17.0 Å². The van der Waals surface area contributed by atoms with Crippen LogP contribution in [0.3, 0.4) is 0 Å². The Hall–Kier alpha value is -1.95. The summed E-state index contributed by atoms with van der Waals surface area (Å²) in [7, 11) is 0. The molecule has 1 aliphatic rings. The summed E-state index contributed by atoms with van der Waals surface area (Å²) in [6, 6.07) is 4.27. The molecule has 6 heteroatoms. The molecule has 0 saturated carbocycles. The molecule has 0 radical (unpaired) electrons. The Balaban J connectivity index is 2.11. The maximum atomic E-state index is 12.1. The average molecular weight is 263 g/mol. The predicted molar refractivity (Wildman–Crippen MR) is 72.1 cm³/mol. The Morgan fingerprint density at radius 2 is 2.26 bits per heavy atom. The van der Waals surface area contributed by atoms with E-state index in [1.807, 2.05) is 6.92 Å². The summed E-state index contributed by atoms with van der Waals surface area (Å²) in [5.41, 5.74) is 1.30. The van der Waals surface area contributed by atoms with Crippen molar-refractivity contribution in [3.8, 4) is 0 Å². The first-order valence-corrected chi connectivity index (χ1v) is 6.37. The fraction of sp³-hybridized carbons (Fsp3) is 0.462. The van der Waals surface area contributed by atoms with E-state index < -0.39 is 4.92 Å². The SMILES string of the molecule is Cc1ccc([N+](=O)[O-])cc1NC(=O)C1CCCCN1. The van der Waals surface area contributed by atoms with Crippen LogP contribution in [0.15, 0.2) is 18.2 Å². The molecule has 19 heavy (non-hydrogen) atoms. The molecule has 2 rings (SSSR count). The molecule has 1 amide bonds. The third-order valence-electron chi connectivity index (χ3n) is 3.32. The molecule has 1 aromatic carbocycles. The summed E-state index contributed by atoms with van der Waals surface area (Å²) >= 11 is 0. The normalized spacial score (nSPS) is 18.9. The van der Waals surface area contributed by atoms with Crippen molar-refractivity contribution in [3.05, 3.63) is 33.9 Å². The number of hydrogen-bond acceptors (Lipinski definition) is 4. The van der Waals surface area contributed by atoms with Crippen LogP contribution in [0.1, 0.15) is 24.8 Å². The van der Waals surface area contributed by atoms with Gasteiger partial charge in [-0.3, -0.25) is 14.9 Å². The lowest BCUT2D eigenvalue weighted by Gasteiger charge is -2.22. The molecule has 0 bridgehead atoms. The number of piperidine rings is 1. The van der Waals surface area contributed by atoms with Gasteiger partial charge in [-0.2, -0.15) is 0 Å². The van der Waals surface area contributed by atoms with Gasteiger partial charge in [0.15, 0.2) is 0 Å². The van der Waals surface area contributed by atoms with Gasteiger partial charge in [0.25, 0.3) is 5.69 Å². The van der Waals surface area contributed by atoms with Crippen molar-refractivity contribution in [2.45, 2.75) is 32.2 Å². The van der Waals surface area contributed by atoms with Crippen LogP contribution in [-0.2, 0) is 4.79 Å². The number of nitro groups is 1. The highest BCUT2D eigenvalue weighted by atomic mass is 16.6. The first-order valence-electron chi connectivity index (χ1n) is 6.37. The average Bonchev–Trinajstić information content (AvgIpc) is 2.42. The van der Waals surface area contributed by atoms with Gasteiger partial charge in [-0.15, -0.1) is 0 Å². The Labute approximate surface area is 111 Å². The molecule has 102 valence electrons. The number of carbonyl (C=O) groups excluding carboxylic acids is 1. The summed E-state index contributed by atoms with van der Waals surface area (Å²) in [6.45, 7) is 2.65. The number of anilines is 1. The maximum Gasteiger partial charge on any atom is 0.271 e. The van der Waals surface area contributed by atoms with Gasteiger partial charge in [-0.25, -0.2) is 0 Å². The molecule has 1 heterocycles. The molecule has 0 aromatic heterocycles. The molecular formula is C13H17N3O3. The first kappa shape index (κ1) is 13.5. The summed E-state index contributed by atoms with van der Waals surface area (Å²) < 4.78 is 0. The minimum atomic E-state index is -0.464. The quantitative estimate of drug-likeness (QED) is 0.645. The number of amides is 1. The van der Waals surface area contributed by atoms with Crippen molar-refractivity contribution in [1.82, 2.24) is 5.32 Å². The number of hydrogen-bond donors (Lipinski definition) is 2. The molecule has 2 N–H and O–H groups in total. The molecule has 6 nitrogen and oxygen atoms in total. The third kappa shape index (κ3) is 3.29. The maximum absolute atomic E-state index is 12.1. The van der Waals surface area contributed by atoms with Gasteiger partial charge in [0.1, 0.15) is 0 Å². The highest BCUT2D eigenvalue weighted by Crippen LogP contribution is 2.22. The van der Waals surface area contributed by atoms with Crippen LogP contribution in [-0.4, -0.2) is 23.4 Å². The van der Waals surface area contributed by atoms with E-state index in [0.29, 0.717) is 5.69 Å². The summed E-state index contributed by atoms with van der Waals surface area (Å²) in [4.78, 5) is 22.3. The molecule has 1 aliphatic heterocycles. The van der Waals surface area contributed by atoms with E-state index >= 15 is 0 Å². The number of carbonyl (C=O) groups is 1. The van der Waals surface area contributed by atoms with Gasteiger partial charge in [-0.05, 0) is 31.9 Å². The van der Waals surface area contributed by atoms with Crippen LogP contribution >= 0.6 is 0 Å². The van der Waals surface area contributed by atoms with E-state index in [4.69, 9.17) is 0 Å². The molecule has 1 atom stereocenters. The molecule has 0 aliphatic carbocycles. The van der Waals surface area contributed by atoms with Gasteiger partial charge in [-0.1, -0.05) is 12.5 Å². The summed E-state index contributed by atoms with van der Waals surface area (Å²) in [6.07, 6.45) is 2.92. The lowest BCUT2D eigenvalue weighted by atomic mass is 10.0. The van der Waals surface area contributed by atoms with Gasteiger partial charge in [0, 0.05) is 12.1 Å². The Morgan fingerprint density at radius 1 is 1.47 bits per heavy atom. The van der Waals surface area contributed by atoms with Crippen LogP contribution < -0.4 is 10.6 Å². The lowest BCUT2D eigenvalue weighted by Crippen LogP contribution is -2.43. The Kier molecular flexibility index (Phi) is 4.11. The summed E-state index contributed by atoms with van der Waals surface area (Å²) in [5.74, 6) is -0.122. The van der Waals surface area contributed by atoms with Crippen LogP contribution in [0.25, 0.3) is 0 Å². The Morgan fingerprint density at radius 3 is 2.89 bits per heavy atom. The van der Waals surface area contributed by atoms with Crippen LogP contribution in [0.2, 0.25) is 0 Å². The second-order valence-corrected chi connectivity index (χ2v) is 4.75. The second kappa shape index (κ2) is 5.79. The van der Waals surface area contributed by atoms with Crippen molar-refractivity contribution in [2.24, 2.45) is 0 Å². The van der Waals surface area contributed by atoms with Crippen molar-refractivity contribution in [3.63, 3.8) is 0 Å². The number of nitro benzene ring substituents is 1. The van der Waals surface area contributed by atoms with E-state index in [-0.39, 0.29) is 17.6 Å². The highest BCUT2D eigenvalue weighted by Gasteiger charge is 2.21. The molecule has 1 fully saturated rings. The van der Waals surface area contributed by atoms with Gasteiger partial charge < -0.3 is 10.6 Å².